The Morgan fingerprint density at radius 3 is 2.49 bits per heavy atom. The van der Waals surface area contributed by atoms with Gasteiger partial charge in [0.25, 0.3) is 5.91 Å². The maximum Gasteiger partial charge on any atom is 0.250 e. The number of nitrogens with zero attached hydrogens (tertiary/aromatic N) is 5. The maximum atomic E-state index is 13.4. The van der Waals surface area contributed by atoms with Crippen LogP contribution in [0.25, 0.3) is 22.3 Å². The summed E-state index contributed by atoms with van der Waals surface area (Å²) in [5, 5.41) is 5.69. The van der Waals surface area contributed by atoms with Gasteiger partial charge in [0.15, 0.2) is 5.65 Å². The molecule has 5 rings (SSSR count). The second-order valence-corrected chi connectivity index (χ2v) is 11.0. The van der Waals surface area contributed by atoms with Crippen molar-refractivity contribution in [3.63, 3.8) is 0 Å². The molecule has 4 aromatic rings. The maximum absolute atomic E-state index is 13.4. The number of allylic oxidation sites excluding steroid dienone is 1. The summed E-state index contributed by atoms with van der Waals surface area (Å²) < 4.78 is 7.86. The Balaban J connectivity index is 1.45. The van der Waals surface area contributed by atoms with Crippen molar-refractivity contribution >= 4 is 22.8 Å². The number of hydrogen-bond donors (Lipinski definition) is 2. The summed E-state index contributed by atoms with van der Waals surface area (Å²) in [5.41, 5.74) is 15.1. The highest BCUT2D eigenvalue weighted by molar-refractivity contribution is 5.98. The lowest BCUT2D eigenvalue weighted by atomic mass is 9.92. The number of likely N-dealkylation sites (tertiary alicyclic amines) is 1. The van der Waals surface area contributed by atoms with Crippen molar-refractivity contribution < 1.29 is 9.53 Å². The zero-order valence-electron chi connectivity index (χ0n) is 22.7. The number of carbonyl (C=O) groups is 1. The molecule has 0 spiro atoms. The lowest BCUT2D eigenvalue weighted by Gasteiger charge is -2.34. The molecule has 0 saturated carbocycles. The van der Waals surface area contributed by atoms with Crippen molar-refractivity contribution in [2.75, 3.05) is 25.4 Å². The highest BCUT2D eigenvalue weighted by Gasteiger charge is 2.30. The van der Waals surface area contributed by atoms with Gasteiger partial charge in [0.2, 0.25) is 0 Å². The lowest BCUT2D eigenvalue weighted by Crippen LogP contribution is -2.42. The molecule has 202 valence electrons. The van der Waals surface area contributed by atoms with Crippen molar-refractivity contribution in [2.24, 2.45) is 11.1 Å². The first-order valence-corrected chi connectivity index (χ1v) is 13.3. The molecule has 1 aliphatic rings. The number of rotatable bonds is 6. The number of benzene rings is 2. The molecule has 3 heterocycles. The number of para-hydroxylation sites is 1. The van der Waals surface area contributed by atoms with E-state index in [0.717, 1.165) is 29.9 Å². The molecule has 1 atom stereocenters. The molecule has 2 aromatic carbocycles. The molecule has 4 N–H and O–H groups in total. The van der Waals surface area contributed by atoms with Gasteiger partial charge in [-0.1, -0.05) is 45.0 Å². The molecule has 9 heteroatoms. The summed E-state index contributed by atoms with van der Waals surface area (Å²) in [6, 6.07) is 17.3. The van der Waals surface area contributed by atoms with Crippen LogP contribution in [0.4, 0.5) is 5.82 Å². The van der Waals surface area contributed by atoms with Crippen LogP contribution in [0.15, 0.2) is 72.6 Å². The molecule has 2 aromatic heterocycles. The summed E-state index contributed by atoms with van der Waals surface area (Å²) in [7, 11) is 0. The molecular formula is C30H35N7O2. The first-order valence-electron chi connectivity index (χ1n) is 13.3. The number of fused-ring (bicyclic) bond motifs is 1. The van der Waals surface area contributed by atoms with Gasteiger partial charge in [0, 0.05) is 30.8 Å². The van der Waals surface area contributed by atoms with Crippen LogP contribution in [0.5, 0.6) is 11.5 Å². The zero-order valence-corrected chi connectivity index (χ0v) is 22.7. The van der Waals surface area contributed by atoms with Crippen molar-refractivity contribution in [3.8, 4) is 22.8 Å². The van der Waals surface area contributed by atoms with Crippen LogP contribution in [0.2, 0.25) is 0 Å². The normalized spacial score (nSPS) is 16.5. The van der Waals surface area contributed by atoms with Gasteiger partial charge in [-0.15, -0.1) is 0 Å². The van der Waals surface area contributed by atoms with Crippen LogP contribution >= 0.6 is 0 Å². The monoisotopic (exact) mass is 525 g/mol. The van der Waals surface area contributed by atoms with Crippen LogP contribution in [0.1, 0.15) is 39.7 Å². The number of aromatic nitrogens is 4. The smallest absolute Gasteiger partial charge is 0.250 e. The number of hydrogen-bond acceptors (Lipinski definition) is 7. The molecule has 39 heavy (non-hydrogen) atoms. The number of carbonyl (C=O) groups excluding carboxylic acids is 1. The lowest BCUT2D eigenvalue weighted by molar-refractivity contribution is -0.128. The molecule has 0 radical (unpaired) electrons. The predicted molar refractivity (Wildman–Crippen MR) is 153 cm³/mol. The highest BCUT2D eigenvalue weighted by Crippen LogP contribution is 2.35. The Bertz CT molecular complexity index is 1490. The summed E-state index contributed by atoms with van der Waals surface area (Å²) in [5.74, 6) is 1.84. The fraction of sp³-hybridized carbons (Fsp3) is 0.333. The van der Waals surface area contributed by atoms with Crippen LogP contribution in [-0.4, -0.2) is 50.2 Å². The predicted octanol–water partition coefficient (Wildman–Crippen LogP) is 4.96. The quantitative estimate of drug-likeness (QED) is 0.341. The molecule has 0 bridgehead atoms. The minimum absolute atomic E-state index is 0.0167. The van der Waals surface area contributed by atoms with Crippen molar-refractivity contribution in [1.29, 1.82) is 0 Å². The Labute approximate surface area is 228 Å². The van der Waals surface area contributed by atoms with Gasteiger partial charge in [-0.05, 0) is 54.7 Å². The van der Waals surface area contributed by atoms with Gasteiger partial charge in [-0.2, -0.15) is 5.10 Å². The summed E-state index contributed by atoms with van der Waals surface area (Å²) >= 11 is 0. The van der Waals surface area contributed by atoms with Gasteiger partial charge in [0.1, 0.15) is 29.3 Å². The van der Waals surface area contributed by atoms with E-state index in [9.17, 15) is 4.79 Å². The van der Waals surface area contributed by atoms with Gasteiger partial charge >= 0.3 is 0 Å². The van der Waals surface area contributed by atoms with E-state index in [0.29, 0.717) is 41.2 Å². The summed E-state index contributed by atoms with van der Waals surface area (Å²) in [4.78, 5) is 24.1. The van der Waals surface area contributed by atoms with Gasteiger partial charge in [-0.3, -0.25) is 4.79 Å². The topological polar surface area (TPSA) is 125 Å². The van der Waals surface area contributed by atoms with Crippen molar-refractivity contribution in [3.05, 3.63) is 72.6 Å². The van der Waals surface area contributed by atoms with E-state index >= 15 is 0 Å². The van der Waals surface area contributed by atoms with Crippen LogP contribution in [0.3, 0.4) is 0 Å². The number of nitrogen functional groups attached to an aromatic ring is 1. The third-order valence-electron chi connectivity index (χ3n) is 6.76. The number of piperidine rings is 1. The number of ether oxygens (including phenoxy) is 1. The second kappa shape index (κ2) is 10.9. The van der Waals surface area contributed by atoms with Crippen LogP contribution in [0, 0.1) is 5.41 Å². The zero-order chi connectivity index (χ0) is 27.6. The van der Waals surface area contributed by atoms with Gasteiger partial charge in [0.05, 0.1) is 11.4 Å². The fourth-order valence-electron chi connectivity index (χ4n) is 5.03. The fourth-order valence-corrected chi connectivity index (χ4v) is 5.03. The molecular weight excluding hydrogens is 490 g/mol. The Morgan fingerprint density at radius 2 is 1.79 bits per heavy atom. The van der Waals surface area contributed by atoms with E-state index in [1.807, 2.05) is 70.3 Å². The average Bonchev–Trinajstić information content (AvgIpc) is 3.33. The van der Waals surface area contributed by atoms with E-state index in [1.54, 1.807) is 0 Å². The molecule has 1 aliphatic heterocycles. The van der Waals surface area contributed by atoms with E-state index in [4.69, 9.17) is 21.3 Å². The second-order valence-electron chi connectivity index (χ2n) is 11.0. The average molecular weight is 526 g/mol. The van der Waals surface area contributed by atoms with Gasteiger partial charge in [-0.25, -0.2) is 14.6 Å². The molecule has 1 saturated heterocycles. The number of amides is 1. The first-order chi connectivity index (χ1) is 18.7. The van der Waals surface area contributed by atoms with E-state index in [2.05, 4.69) is 30.7 Å². The minimum atomic E-state index is -0.136. The summed E-state index contributed by atoms with van der Waals surface area (Å²) in [6.45, 7) is 7.61. The Hall–Kier alpha value is -4.24. The Morgan fingerprint density at radius 1 is 1.08 bits per heavy atom. The van der Waals surface area contributed by atoms with Gasteiger partial charge < -0.3 is 21.1 Å². The minimum Gasteiger partial charge on any atom is -0.457 e. The molecule has 9 nitrogen and oxygen atoms in total. The number of anilines is 1. The van der Waals surface area contributed by atoms with Crippen molar-refractivity contribution in [1.82, 2.24) is 24.6 Å². The summed E-state index contributed by atoms with van der Waals surface area (Å²) in [6.07, 6.45) is 5.15. The first kappa shape index (κ1) is 26.4. The number of nitrogens with two attached hydrogens (primary N) is 2. The van der Waals surface area contributed by atoms with E-state index < -0.39 is 0 Å². The van der Waals surface area contributed by atoms with Crippen molar-refractivity contribution in [2.45, 2.75) is 39.7 Å². The largest absolute Gasteiger partial charge is 0.457 e. The highest BCUT2D eigenvalue weighted by atomic mass is 16.5. The van der Waals surface area contributed by atoms with Crippen LogP contribution < -0.4 is 16.2 Å². The molecule has 0 unspecified atom stereocenters. The van der Waals surface area contributed by atoms with E-state index in [-0.39, 0.29) is 23.9 Å². The van der Waals surface area contributed by atoms with Crippen LogP contribution in [-0.2, 0) is 4.79 Å². The standard InChI is InChI=1S/C30H35N7O2/c1-30(2,3)16-21(17-31)29(38)36-15-7-8-22(18-36)37-28-25(27(32)33-19-34-28)26(35-37)20-11-13-24(14-12-20)39-23-9-5-4-6-10-23/h4-6,9-14,16,19,22H,7-8,15,17-18,31H2,1-3H3,(H2,32,33,34)/t22-/m1/s1. The molecule has 1 amide bonds. The van der Waals surface area contributed by atoms with E-state index in [1.165, 1.54) is 6.33 Å². The molecule has 1 fully saturated rings. The molecule has 0 aliphatic carbocycles. The third kappa shape index (κ3) is 5.78. The third-order valence-corrected chi connectivity index (χ3v) is 6.76. The SMILES string of the molecule is CC(C)(C)C=C(CN)C(=O)N1CCC[C@@H](n2nc(-c3ccc(Oc4ccccc4)cc3)c3c(N)ncnc32)C1. The Kier molecular flexibility index (Phi) is 7.34.